The zero-order valence-corrected chi connectivity index (χ0v) is 8.02. The van der Waals surface area contributed by atoms with Crippen LogP contribution in [0.15, 0.2) is 0 Å². The van der Waals surface area contributed by atoms with Crippen molar-refractivity contribution < 1.29 is 4.18 Å². The van der Waals surface area contributed by atoms with Crippen molar-refractivity contribution >= 4 is 12.9 Å². The predicted molar refractivity (Wildman–Crippen MR) is 49.8 cm³/mol. The Morgan fingerprint density at radius 1 is 1.45 bits per heavy atom. The molecular formula is C8H17NOS. The van der Waals surface area contributed by atoms with Crippen molar-refractivity contribution in [1.29, 1.82) is 0 Å². The van der Waals surface area contributed by atoms with Gasteiger partial charge in [0, 0.05) is 0 Å². The van der Waals surface area contributed by atoms with E-state index in [2.05, 4.69) is 24.7 Å². The van der Waals surface area contributed by atoms with Crippen molar-refractivity contribution in [2.75, 3.05) is 26.2 Å². The number of hydrogen-bond acceptors (Lipinski definition) is 3. The molecule has 0 aliphatic carbocycles. The van der Waals surface area contributed by atoms with Crippen LogP contribution in [-0.2, 0) is 4.18 Å². The van der Waals surface area contributed by atoms with E-state index in [1.807, 2.05) is 0 Å². The number of hydrogen-bond donors (Lipinski definition) is 1. The maximum absolute atomic E-state index is 4.83. The van der Waals surface area contributed by atoms with Gasteiger partial charge in [0.1, 0.15) is 0 Å². The second-order valence-corrected chi connectivity index (χ2v) is 3.43. The fourth-order valence-corrected chi connectivity index (χ4v) is 1.79. The van der Waals surface area contributed by atoms with Crippen LogP contribution in [0.5, 0.6) is 0 Å². The van der Waals surface area contributed by atoms with Crippen LogP contribution < -0.4 is 0 Å². The van der Waals surface area contributed by atoms with Crippen molar-refractivity contribution in [3.05, 3.63) is 0 Å². The summed E-state index contributed by atoms with van der Waals surface area (Å²) in [6, 6.07) is 0. The van der Waals surface area contributed by atoms with Crippen molar-refractivity contribution in [2.24, 2.45) is 5.92 Å². The Hall–Kier alpha value is 0.270. The van der Waals surface area contributed by atoms with E-state index in [9.17, 15) is 0 Å². The Kier molecular flexibility index (Phi) is 4.26. The van der Waals surface area contributed by atoms with E-state index in [4.69, 9.17) is 4.18 Å². The molecule has 1 aliphatic heterocycles. The Morgan fingerprint density at radius 3 is 2.55 bits per heavy atom. The second kappa shape index (κ2) is 5.01. The lowest BCUT2D eigenvalue weighted by molar-refractivity contribution is 0.157. The SMILES string of the molecule is CCN1CCC(COS)CC1. The first-order chi connectivity index (χ1) is 5.36. The summed E-state index contributed by atoms with van der Waals surface area (Å²) in [5.41, 5.74) is 0. The van der Waals surface area contributed by atoms with Gasteiger partial charge in [-0.3, -0.25) is 0 Å². The molecule has 0 saturated carbocycles. The fourth-order valence-electron chi connectivity index (χ4n) is 1.57. The normalized spacial score (nSPS) is 22.4. The third kappa shape index (κ3) is 3.01. The lowest BCUT2D eigenvalue weighted by Crippen LogP contribution is -2.34. The van der Waals surface area contributed by atoms with E-state index in [-0.39, 0.29) is 0 Å². The first-order valence-electron chi connectivity index (χ1n) is 4.35. The Bertz CT molecular complexity index is 102. The number of likely N-dealkylation sites (tertiary alicyclic amines) is 1. The highest BCUT2D eigenvalue weighted by molar-refractivity contribution is 7.75. The maximum atomic E-state index is 4.83. The van der Waals surface area contributed by atoms with Crippen LogP contribution in [0.25, 0.3) is 0 Å². The summed E-state index contributed by atoms with van der Waals surface area (Å²) >= 11 is 3.76. The number of thiol groups is 1. The molecule has 66 valence electrons. The van der Waals surface area contributed by atoms with Gasteiger partial charge < -0.3 is 9.08 Å². The van der Waals surface area contributed by atoms with Gasteiger partial charge in [-0.1, -0.05) is 6.92 Å². The zero-order chi connectivity index (χ0) is 8.10. The maximum Gasteiger partial charge on any atom is 0.0639 e. The van der Waals surface area contributed by atoms with Gasteiger partial charge in [-0.2, -0.15) is 0 Å². The first kappa shape index (κ1) is 9.36. The largest absolute Gasteiger partial charge is 0.318 e. The molecule has 1 saturated heterocycles. The van der Waals surface area contributed by atoms with Crippen molar-refractivity contribution in [1.82, 2.24) is 4.90 Å². The molecule has 0 aromatic carbocycles. The van der Waals surface area contributed by atoms with Crippen molar-refractivity contribution in [3.8, 4) is 0 Å². The average molecular weight is 175 g/mol. The van der Waals surface area contributed by atoms with Gasteiger partial charge in [-0.25, -0.2) is 0 Å². The summed E-state index contributed by atoms with van der Waals surface area (Å²) in [7, 11) is 0. The highest BCUT2D eigenvalue weighted by Crippen LogP contribution is 2.17. The van der Waals surface area contributed by atoms with E-state index in [1.165, 1.54) is 32.5 Å². The molecule has 0 atom stereocenters. The van der Waals surface area contributed by atoms with Gasteiger partial charge >= 0.3 is 0 Å². The highest BCUT2D eigenvalue weighted by atomic mass is 32.1. The van der Waals surface area contributed by atoms with Gasteiger partial charge in [0.2, 0.25) is 0 Å². The lowest BCUT2D eigenvalue weighted by atomic mass is 9.98. The standard InChI is InChI=1S/C8H17NOS/c1-2-9-5-3-8(4-6-9)7-10-11/h8,11H,2-7H2,1H3. The first-order valence-corrected chi connectivity index (χ1v) is 4.72. The molecule has 3 heteroatoms. The van der Waals surface area contributed by atoms with Crippen molar-refractivity contribution in [2.45, 2.75) is 19.8 Å². The fraction of sp³-hybridized carbons (Fsp3) is 1.00. The topological polar surface area (TPSA) is 12.5 Å². The molecule has 0 spiro atoms. The van der Waals surface area contributed by atoms with Gasteiger partial charge in [-0.05, 0) is 51.3 Å². The molecule has 0 aromatic rings. The van der Waals surface area contributed by atoms with Crippen molar-refractivity contribution in [3.63, 3.8) is 0 Å². The summed E-state index contributed by atoms with van der Waals surface area (Å²) in [5, 5.41) is 0. The van der Waals surface area contributed by atoms with Gasteiger partial charge in [0.15, 0.2) is 0 Å². The summed E-state index contributed by atoms with van der Waals surface area (Å²) < 4.78 is 4.83. The van der Waals surface area contributed by atoms with E-state index in [0.29, 0.717) is 0 Å². The molecule has 0 bridgehead atoms. The minimum atomic E-state index is 0.746. The molecule has 0 amide bonds. The van der Waals surface area contributed by atoms with Crippen LogP contribution in [-0.4, -0.2) is 31.1 Å². The van der Waals surface area contributed by atoms with Gasteiger partial charge in [0.25, 0.3) is 0 Å². The molecule has 1 aliphatic rings. The Balaban J connectivity index is 2.14. The van der Waals surface area contributed by atoms with E-state index in [1.54, 1.807) is 0 Å². The number of rotatable bonds is 3. The van der Waals surface area contributed by atoms with Crippen LogP contribution in [0, 0.1) is 5.92 Å². The van der Waals surface area contributed by atoms with Gasteiger partial charge in [-0.15, -0.1) is 0 Å². The highest BCUT2D eigenvalue weighted by Gasteiger charge is 2.17. The quantitative estimate of drug-likeness (QED) is 0.516. The summed E-state index contributed by atoms with van der Waals surface area (Å²) in [4.78, 5) is 2.48. The minimum absolute atomic E-state index is 0.746. The molecule has 2 nitrogen and oxygen atoms in total. The summed E-state index contributed by atoms with van der Waals surface area (Å²) in [6.45, 7) is 6.70. The molecule has 11 heavy (non-hydrogen) atoms. The van der Waals surface area contributed by atoms with E-state index >= 15 is 0 Å². The molecule has 1 heterocycles. The molecule has 1 rings (SSSR count). The smallest absolute Gasteiger partial charge is 0.0639 e. The monoisotopic (exact) mass is 175 g/mol. The number of piperidine rings is 1. The van der Waals surface area contributed by atoms with Gasteiger partial charge in [0.05, 0.1) is 6.61 Å². The lowest BCUT2D eigenvalue weighted by Gasteiger charge is -2.30. The minimum Gasteiger partial charge on any atom is -0.318 e. The molecule has 0 N–H and O–H groups in total. The van der Waals surface area contributed by atoms with Crippen LogP contribution in [0.3, 0.4) is 0 Å². The number of nitrogens with zero attached hydrogens (tertiary/aromatic N) is 1. The van der Waals surface area contributed by atoms with Crippen LogP contribution in [0.4, 0.5) is 0 Å². The molecule has 0 aromatic heterocycles. The predicted octanol–water partition coefficient (Wildman–Crippen LogP) is 1.58. The van der Waals surface area contributed by atoms with Crippen LogP contribution in [0.2, 0.25) is 0 Å². The van der Waals surface area contributed by atoms with E-state index < -0.39 is 0 Å². The van der Waals surface area contributed by atoms with Crippen LogP contribution in [0.1, 0.15) is 19.8 Å². The second-order valence-electron chi connectivity index (χ2n) is 3.17. The molecule has 0 unspecified atom stereocenters. The molecule has 1 fully saturated rings. The molecular weight excluding hydrogens is 158 g/mol. The Labute approximate surface area is 74.5 Å². The zero-order valence-electron chi connectivity index (χ0n) is 7.12. The van der Waals surface area contributed by atoms with E-state index in [0.717, 1.165) is 12.5 Å². The Morgan fingerprint density at radius 2 is 2.09 bits per heavy atom. The third-order valence-electron chi connectivity index (χ3n) is 2.46. The molecule has 0 radical (unpaired) electrons. The average Bonchev–Trinajstić information content (AvgIpc) is 2.07. The summed E-state index contributed by atoms with van der Waals surface area (Å²) in [6.07, 6.45) is 2.54. The summed E-state index contributed by atoms with van der Waals surface area (Å²) in [5.74, 6) is 0.746. The van der Waals surface area contributed by atoms with Crippen LogP contribution >= 0.6 is 12.9 Å². The third-order valence-corrected chi connectivity index (χ3v) is 2.61.